The normalized spacial score (nSPS) is 11.0. The molecule has 0 unspecified atom stereocenters. The van der Waals surface area contributed by atoms with E-state index < -0.39 is 11.8 Å². The van der Waals surface area contributed by atoms with Gasteiger partial charge in [0.1, 0.15) is 5.82 Å². The Morgan fingerprint density at radius 1 is 1.16 bits per heavy atom. The number of carbonyl (C=O) groups is 2. The van der Waals surface area contributed by atoms with Gasteiger partial charge >= 0.3 is 5.97 Å². The molecule has 0 spiro atoms. The maximum absolute atomic E-state index is 13.9. The summed E-state index contributed by atoms with van der Waals surface area (Å²) < 4.78 is 15.2. The van der Waals surface area contributed by atoms with Crippen molar-refractivity contribution in [3.63, 3.8) is 0 Å². The lowest BCUT2D eigenvalue weighted by Gasteiger charge is -2.08. The van der Waals surface area contributed by atoms with Crippen LogP contribution >= 0.6 is 23.2 Å². The standard InChI is InChI=1S/C18H12Cl2FNO3/c1-9-12(7-17(23)24)13-6-15(21)14(20)8-16(13)22(9)18(25)10-2-4-11(19)5-3-10/h2-6,8H,7H2,1H3,(H,23,24). The third kappa shape index (κ3) is 3.13. The molecule has 0 radical (unpaired) electrons. The number of aliphatic carboxylic acids is 1. The predicted molar refractivity (Wildman–Crippen MR) is 94.2 cm³/mol. The fourth-order valence-electron chi connectivity index (χ4n) is 2.83. The molecule has 0 amide bonds. The zero-order valence-electron chi connectivity index (χ0n) is 13.0. The monoisotopic (exact) mass is 379 g/mol. The molecule has 1 N–H and O–H groups in total. The number of benzene rings is 2. The highest BCUT2D eigenvalue weighted by molar-refractivity contribution is 6.31. The Morgan fingerprint density at radius 2 is 1.80 bits per heavy atom. The SMILES string of the molecule is Cc1c(CC(=O)O)c2cc(F)c(Cl)cc2n1C(=O)c1ccc(Cl)cc1. The van der Waals surface area contributed by atoms with Crippen LogP contribution in [0.15, 0.2) is 36.4 Å². The van der Waals surface area contributed by atoms with E-state index in [2.05, 4.69) is 0 Å². The largest absolute Gasteiger partial charge is 0.481 e. The number of hydrogen-bond acceptors (Lipinski definition) is 2. The number of hydrogen-bond donors (Lipinski definition) is 1. The molecule has 0 saturated heterocycles. The first-order chi connectivity index (χ1) is 11.8. The van der Waals surface area contributed by atoms with Crippen LogP contribution in [0.4, 0.5) is 4.39 Å². The van der Waals surface area contributed by atoms with Gasteiger partial charge in [0.15, 0.2) is 0 Å². The van der Waals surface area contributed by atoms with Gasteiger partial charge in [-0.3, -0.25) is 14.2 Å². The lowest BCUT2D eigenvalue weighted by molar-refractivity contribution is -0.136. The second-order valence-electron chi connectivity index (χ2n) is 5.57. The number of fused-ring (bicyclic) bond motifs is 1. The van der Waals surface area contributed by atoms with E-state index in [9.17, 15) is 14.0 Å². The van der Waals surface area contributed by atoms with E-state index >= 15 is 0 Å². The topological polar surface area (TPSA) is 59.3 Å². The van der Waals surface area contributed by atoms with E-state index in [1.54, 1.807) is 31.2 Å². The summed E-state index contributed by atoms with van der Waals surface area (Å²) in [6, 6.07) is 8.80. The van der Waals surface area contributed by atoms with E-state index in [1.807, 2.05) is 0 Å². The van der Waals surface area contributed by atoms with Gasteiger partial charge in [-0.25, -0.2) is 4.39 Å². The van der Waals surface area contributed by atoms with Crippen molar-refractivity contribution in [3.8, 4) is 0 Å². The Bertz CT molecular complexity index is 1010. The van der Waals surface area contributed by atoms with Crippen molar-refractivity contribution in [1.29, 1.82) is 0 Å². The van der Waals surface area contributed by atoms with E-state index in [-0.39, 0.29) is 17.4 Å². The van der Waals surface area contributed by atoms with Gasteiger partial charge < -0.3 is 5.11 Å². The first-order valence-electron chi connectivity index (χ1n) is 7.30. The predicted octanol–water partition coefficient (Wildman–Crippen LogP) is 4.71. The highest BCUT2D eigenvalue weighted by Gasteiger charge is 2.22. The van der Waals surface area contributed by atoms with E-state index in [0.717, 1.165) is 6.07 Å². The number of rotatable bonds is 3. The second kappa shape index (κ2) is 6.50. The first kappa shape index (κ1) is 17.5. The highest BCUT2D eigenvalue weighted by atomic mass is 35.5. The Labute approximate surface area is 152 Å². The minimum Gasteiger partial charge on any atom is -0.481 e. The number of carbonyl (C=O) groups excluding carboxylic acids is 1. The van der Waals surface area contributed by atoms with Crippen LogP contribution in [0.25, 0.3) is 10.9 Å². The third-order valence-electron chi connectivity index (χ3n) is 4.00. The van der Waals surface area contributed by atoms with Gasteiger partial charge in [0.25, 0.3) is 5.91 Å². The van der Waals surface area contributed by atoms with Crippen LogP contribution in [0.3, 0.4) is 0 Å². The Hall–Kier alpha value is -2.37. The molecule has 0 saturated carbocycles. The minimum absolute atomic E-state index is 0.142. The van der Waals surface area contributed by atoms with Gasteiger partial charge in [-0.1, -0.05) is 23.2 Å². The molecule has 3 aromatic rings. The molecule has 25 heavy (non-hydrogen) atoms. The van der Waals surface area contributed by atoms with Gasteiger partial charge in [-0.2, -0.15) is 0 Å². The number of carboxylic acids is 1. The van der Waals surface area contributed by atoms with E-state index in [0.29, 0.717) is 32.7 Å². The van der Waals surface area contributed by atoms with Crippen molar-refractivity contribution in [2.75, 3.05) is 0 Å². The van der Waals surface area contributed by atoms with Crippen molar-refractivity contribution in [2.24, 2.45) is 0 Å². The Morgan fingerprint density at radius 3 is 2.40 bits per heavy atom. The second-order valence-corrected chi connectivity index (χ2v) is 6.41. The van der Waals surface area contributed by atoms with Crippen LogP contribution in [0.2, 0.25) is 10.0 Å². The van der Waals surface area contributed by atoms with Crippen LogP contribution in [0.1, 0.15) is 21.6 Å². The fourth-order valence-corrected chi connectivity index (χ4v) is 3.12. The average molecular weight is 380 g/mol. The van der Waals surface area contributed by atoms with Gasteiger partial charge in [-0.05, 0) is 48.9 Å². The van der Waals surface area contributed by atoms with Crippen molar-refractivity contribution in [1.82, 2.24) is 4.57 Å². The van der Waals surface area contributed by atoms with E-state index in [1.165, 1.54) is 10.6 Å². The molecule has 0 fully saturated rings. The molecule has 2 aromatic carbocycles. The molecule has 0 aliphatic carbocycles. The summed E-state index contributed by atoms with van der Waals surface area (Å²) in [5.74, 6) is -2.12. The lowest BCUT2D eigenvalue weighted by Crippen LogP contribution is -2.14. The number of carboxylic acid groups (broad SMARTS) is 1. The minimum atomic E-state index is -1.07. The molecule has 1 aromatic heterocycles. The first-order valence-corrected chi connectivity index (χ1v) is 8.06. The fraction of sp³-hybridized carbons (Fsp3) is 0.111. The smallest absolute Gasteiger partial charge is 0.307 e. The van der Waals surface area contributed by atoms with Gasteiger partial charge in [-0.15, -0.1) is 0 Å². The number of halogens is 3. The number of aromatic nitrogens is 1. The third-order valence-corrected chi connectivity index (χ3v) is 4.54. The van der Waals surface area contributed by atoms with Crippen LogP contribution in [0.5, 0.6) is 0 Å². The zero-order valence-corrected chi connectivity index (χ0v) is 14.5. The summed E-state index contributed by atoms with van der Waals surface area (Å²) >= 11 is 11.7. The Kier molecular flexibility index (Phi) is 4.54. The molecular weight excluding hydrogens is 368 g/mol. The van der Waals surface area contributed by atoms with Crippen LogP contribution < -0.4 is 0 Å². The lowest BCUT2D eigenvalue weighted by atomic mass is 10.1. The molecule has 7 heteroatoms. The van der Waals surface area contributed by atoms with Gasteiger partial charge in [0.05, 0.1) is 17.0 Å². The molecular formula is C18H12Cl2FNO3. The molecule has 1 heterocycles. The number of nitrogens with zero attached hydrogens (tertiary/aromatic N) is 1. The summed E-state index contributed by atoms with van der Waals surface area (Å²) in [6.07, 6.45) is -0.329. The molecule has 3 rings (SSSR count). The van der Waals surface area contributed by atoms with E-state index in [4.69, 9.17) is 28.3 Å². The van der Waals surface area contributed by atoms with Crippen molar-refractivity contribution < 1.29 is 19.1 Å². The summed E-state index contributed by atoms with van der Waals surface area (Å²) in [6.45, 7) is 1.62. The molecule has 0 bridgehead atoms. The molecule has 0 aliphatic rings. The summed E-state index contributed by atoms with van der Waals surface area (Å²) in [4.78, 5) is 24.1. The van der Waals surface area contributed by atoms with Crippen molar-refractivity contribution >= 4 is 46.0 Å². The maximum atomic E-state index is 13.9. The molecule has 4 nitrogen and oxygen atoms in total. The van der Waals surface area contributed by atoms with Crippen LogP contribution in [-0.2, 0) is 11.2 Å². The van der Waals surface area contributed by atoms with Crippen LogP contribution in [-0.4, -0.2) is 21.6 Å². The molecule has 128 valence electrons. The molecule has 0 atom stereocenters. The van der Waals surface area contributed by atoms with Crippen molar-refractivity contribution in [3.05, 3.63) is 69.1 Å². The summed E-state index contributed by atoms with van der Waals surface area (Å²) in [7, 11) is 0. The quantitative estimate of drug-likeness (QED) is 0.716. The van der Waals surface area contributed by atoms with Gasteiger partial charge in [0.2, 0.25) is 0 Å². The van der Waals surface area contributed by atoms with Crippen molar-refractivity contribution in [2.45, 2.75) is 13.3 Å². The summed E-state index contributed by atoms with van der Waals surface area (Å²) in [5.41, 5.74) is 1.53. The zero-order chi connectivity index (χ0) is 18.3. The highest BCUT2D eigenvalue weighted by Crippen LogP contribution is 2.31. The Balaban J connectivity index is 2.28. The van der Waals surface area contributed by atoms with Gasteiger partial charge in [0, 0.05) is 21.7 Å². The average Bonchev–Trinajstić information content (AvgIpc) is 2.80. The molecule has 0 aliphatic heterocycles. The maximum Gasteiger partial charge on any atom is 0.307 e. The van der Waals surface area contributed by atoms with Crippen LogP contribution in [0, 0.1) is 12.7 Å². The summed E-state index contributed by atoms with van der Waals surface area (Å²) in [5, 5.41) is 9.84.